The van der Waals surface area contributed by atoms with Crippen LogP contribution in [0.5, 0.6) is 0 Å². The fraction of sp³-hybridized carbons (Fsp3) is 0.692. The van der Waals surface area contributed by atoms with Gasteiger partial charge in [-0.15, -0.1) is 0 Å². The lowest BCUT2D eigenvalue weighted by atomic mass is 9.78. The lowest BCUT2D eigenvalue weighted by molar-refractivity contribution is 0.0398. The quantitative estimate of drug-likeness (QED) is 0.862. The number of nitriles is 1. The maximum atomic E-state index is 9.51. The van der Waals surface area contributed by atoms with Gasteiger partial charge in [-0.05, 0) is 42.6 Å². The Morgan fingerprint density at radius 1 is 1.50 bits per heavy atom. The molecule has 1 aromatic rings. The smallest absolute Gasteiger partial charge is 0.0738 e. The van der Waals surface area contributed by atoms with E-state index in [1.54, 1.807) is 0 Å². The summed E-state index contributed by atoms with van der Waals surface area (Å²) in [5.74, 6) is 0. The molecule has 0 aromatic carbocycles. The van der Waals surface area contributed by atoms with Crippen LogP contribution in [0, 0.1) is 23.7 Å². The van der Waals surface area contributed by atoms with Crippen molar-refractivity contribution >= 4 is 15.9 Å². The number of rotatable bonds is 3. The van der Waals surface area contributed by atoms with Crippen LogP contribution in [0.15, 0.2) is 4.47 Å². The van der Waals surface area contributed by atoms with Gasteiger partial charge < -0.3 is 4.74 Å². The van der Waals surface area contributed by atoms with Gasteiger partial charge in [0.15, 0.2) is 0 Å². The summed E-state index contributed by atoms with van der Waals surface area (Å²) < 4.78 is 8.41. The summed E-state index contributed by atoms with van der Waals surface area (Å²) >= 11 is 3.60. The first-order valence-electron chi connectivity index (χ1n) is 6.32. The van der Waals surface area contributed by atoms with E-state index in [0.29, 0.717) is 13.2 Å². The molecule has 0 unspecified atom stereocenters. The van der Waals surface area contributed by atoms with Crippen molar-refractivity contribution in [2.75, 3.05) is 13.2 Å². The summed E-state index contributed by atoms with van der Waals surface area (Å²) in [4.78, 5) is 0. The van der Waals surface area contributed by atoms with Gasteiger partial charge in [0.05, 0.1) is 27.3 Å². The lowest BCUT2D eigenvalue weighted by Crippen LogP contribution is -2.31. The van der Waals surface area contributed by atoms with Crippen LogP contribution in [0.1, 0.15) is 31.2 Å². The van der Waals surface area contributed by atoms with Crippen LogP contribution >= 0.6 is 15.9 Å². The fourth-order valence-corrected chi connectivity index (χ4v) is 2.87. The molecule has 0 aliphatic carbocycles. The van der Waals surface area contributed by atoms with Crippen LogP contribution in [0.2, 0.25) is 0 Å². The zero-order valence-corrected chi connectivity index (χ0v) is 12.5. The predicted octanol–water partition coefficient (Wildman–Crippen LogP) is 2.84. The number of halogens is 1. The minimum absolute atomic E-state index is 0.292. The van der Waals surface area contributed by atoms with Gasteiger partial charge in [-0.2, -0.15) is 10.4 Å². The van der Waals surface area contributed by atoms with E-state index in [1.807, 2.05) is 11.6 Å². The molecular weight excluding hydrogens is 294 g/mol. The SMILES string of the molecule is CCn1nc(C)c(Br)c1CC1(C#N)CCOCC1. The second-order valence-corrected chi connectivity index (χ2v) is 5.64. The fourth-order valence-electron chi connectivity index (χ4n) is 2.45. The molecule has 2 rings (SSSR count). The first-order valence-corrected chi connectivity index (χ1v) is 7.12. The van der Waals surface area contributed by atoms with Crippen molar-refractivity contribution in [2.24, 2.45) is 5.41 Å². The van der Waals surface area contributed by atoms with Crippen LogP contribution < -0.4 is 0 Å². The maximum absolute atomic E-state index is 9.51. The third-order valence-electron chi connectivity index (χ3n) is 3.65. The minimum Gasteiger partial charge on any atom is -0.381 e. The molecule has 98 valence electrons. The average molecular weight is 312 g/mol. The maximum Gasteiger partial charge on any atom is 0.0738 e. The number of aromatic nitrogens is 2. The first kappa shape index (κ1) is 13.6. The Labute approximate surface area is 116 Å². The van der Waals surface area contributed by atoms with Gasteiger partial charge in [-0.25, -0.2) is 0 Å². The minimum atomic E-state index is -0.292. The summed E-state index contributed by atoms with van der Waals surface area (Å²) in [6.45, 7) is 6.27. The average Bonchev–Trinajstić information content (AvgIpc) is 2.67. The van der Waals surface area contributed by atoms with Crippen LogP contribution in [-0.2, 0) is 17.7 Å². The summed E-state index contributed by atoms with van der Waals surface area (Å²) in [5.41, 5.74) is 1.84. The van der Waals surface area contributed by atoms with Crippen molar-refractivity contribution in [3.8, 4) is 6.07 Å². The molecule has 1 aromatic heterocycles. The Bertz CT molecular complexity index is 469. The monoisotopic (exact) mass is 311 g/mol. The van der Waals surface area contributed by atoms with Crippen molar-refractivity contribution < 1.29 is 4.74 Å². The number of ether oxygens (including phenoxy) is 1. The molecule has 1 saturated heterocycles. The highest BCUT2D eigenvalue weighted by Gasteiger charge is 2.35. The molecule has 1 aliphatic rings. The highest BCUT2D eigenvalue weighted by atomic mass is 79.9. The van der Waals surface area contributed by atoms with Gasteiger partial charge in [-0.3, -0.25) is 4.68 Å². The molecule has 0 N–H and O–H groups in total. The van der Waals surface area contributed by atoms with Crippen molar-refractivity contribution in [2.45, 2.75) is 39.7 Å². The summed E-state index contributed by atoms with van der Waals surface area (Å²) in [5, 5.41) is 14.0. The third kappa shape index (κ3) is 2.45. The zero-order chi connectivity index (χ0) is 13.2. The summed E-state index contributed by atoms with van der Waals surface area (Å²) in [7, 11) is 0. The van der Waals surface area contributed by atoms with Gasteiger partial charge in [0.2, 0.25) is 0 Å². The van der Waals surface area contributed by atoms with Gasteiger partial charge >= 0.3 is 0 Å². The van der Waals surface area contributed by atoms with E-state index in [9.17, 15) is 5.26 Å². The standard InChI is InChI=1S/C13H18BrN3O/c1-3-17-11(12(14)10(2)16-17)8-13(9-15)4-6-18-7-5-13/h3-8H2,1-2H3. The highest BCUT2D eigenvalue weighted by Crippen LogP contribution is 2.36. The molecule has 0 amide bonds. The van der Waals surface area contributed by atoms with Crippen molar-refractivity contribution in [1.82, 2.24) is 9.78 Å². The summed E-state index contributed by atoms with van der Waals surface area (Å²) in [6, 6.07) is 2.51. The van der Waals surface area contributed by atoms with Gasteiger partial charge in [0.1, 0.15) is 0 Å². The van der Waals surface area contributed by atoms with Crippen molar-refractivity contribution in [1.29, 1.82) is 5.26 Å². The lowest BCUT2D eigenvalue weighted by Gasteiger charge is -2.30. The van der Waals surface area contributed by atoms with Crippen LogP contribution in [-0.4, -0.2) is 23.0 Å². The molecule has 0 atom stereocenters. The Hall–Kier alpha value is -0.860. The molecule has 2 heterocycles. The van der Waals surface area contributed by atoms with E-state index in [-0.39, 0.29) is 5.41 Å². The summed E-state index contributed by atoms with van der Waals surface area (Å²) in [6.07, 6.45) is 2.37. The number of nitrogens with zero attached hydrogens (tertiary/aromatic N) is 3. The van der Waals surface area contributed by atoms with E-state index in [4.69, 9.17) is 4.74 Å². The molecule has 1 aliphatic heterocycles. The molecule has 0 bridgehead atoms. The Morgan fingerprint density at radius 3 is 2.72 bits per heavy atom. The number of hydrogen-bond acceptors (Lipinski definition) is 3. The second kappa shape index (κ2) is 5.41. The topological polar surface area (TPSA) is 50.8 Å². The van der Waals surface area contributed by atoms with Gasteiger partial charge in [0.25, 0.3) is 0 Å². The van der Waals surface area contributed by atoms with Crippen molar-refractivity contribution in [3.05, 3.63) is 15.9 Å². The van der Waals surface area contributed by atoms with Crippen molar-refractivity contribution in [3.63, 3.8) is 0 Å². The third-order valence-corrected chi connectivity index (χ3v) is 4.68. The van der Waals surface area contributed by atoms with Gasteiger partial charge in [-0.1, -0.05) is 0 Å². The van der Waals surface area contributed by atoms with Gasteiger partial charge in [0, 0.05) is 26.2 Å². The van der Waals surface area contributed by atoms with E-state index >= 15 is 0 Å². The van der Waals surface area contributed by atoms with E-state index in [0.717, 1.165) is 41.7 Å². The molecule has 18 heavy (non-hydrogen) atoms. The first-order chi connectivity index (χ1) is 8.62. The molecule has 0 radical (unpaired) electrons. The van der Waals surface area contributed by atoms with E-state index in [2.05, 4.69) is 34.0 Å². The second-order valence-electron chi connectivity index (χ2n) is 4.84. The molecular formula is C13H18BrN3O. The molecule has 1 fully saturated rings. The Kier molecular flexibility index (Phi) is 4.08. The van der Waals surface area contributed by atoms with Crippen LogP contribution in [0.4, 0.5) is 0 Å². The Morgan fingerprint density at radius 2 is 2.17 bits per heavy atom. The number of hydrogen-bond donors (Lipinski definition) is 0. The van der Waals surface area contributed by atoms with Crippen LogP contribution in [0.3, 0.4) is 0 Å². The molecule has 5 heteroatoms. The zero-order valence-electron chi connectivity index (χ0n) is 10.9. The highest BCUT2D eigenvalue weighted by molar-refractivity contribution is 9.10. The van der Waals surface area contributed by atoms with Crippen LogP contribution in [0.25, 0.3) is 0 Å². The molecule has 0 spiro atoms. The number of aryl methyl sites for hydroxylation is 2. The molecule has 0 saturated carbocycles. The largest absolute Gasteiger partial charge is 0.381 e. The van der Waals surface area contributed by atoms with E-state index < -0.39 is 0 Å². The Balaban J connectivity index is 2.30. The normalized spacial score (nSPS) is 18.6. The predicted molar refractivity (Wildman–Crippen MR) is 72.1 cm³/mol. The van der Waals surface area contributed by atoms with E-state index in [1.165, 1.54) is 0 Å². The molecule has 4 nitrogen and oxygen atoms in total.